The summed E-state index contributed by atoms with van der Waals surface area (Å²) in [5, 5.41) is 13.9. The standard InChI is InChI=1S/C17H29N5O6S/c1-9(17(27)28)20-15(25)12-4-3-6-22(12)16(26)11(5-7-29-2)21-14(24)10(18)8-13(19)23/h9-12H,3-8,18H2,1-2H3,(H2,19,23)(H,20,25)(H,21,24)(H,27,28). The average molecular weight is 432 g/mol. The number of amides is 4. The number of nitrogens with zero attached hydrogens (tertiary/aromatic N) is 1. The Kier molecular flexibility index (Phi) is 9.89. The van der Waals surface area contributed by atoms with Gasteiger partial charge in [0.2, 0.25) is 23.6 Å². The molecular weight excluding hydrogens is 402 g/mol. The van der Waals surface area contributed by atoms with Crippen molar-refractivity contribution in [3.63, 3.8) is 0 Å². The Morgan fingerprint density at radius 1 is 1.24 bits per heavy atom. The monoisotopic (exact) mass is 431 g/mol. The fraction of sp³-hybridized carbons (Fsp3) is 0.706. The molecule has 1 aliphatic rings. The number of nitrogens with one attached hydrogen (secondary N) is 2. The number of hydrogen-bond acceptors (Lipinski definition) is 7. The Bertz CT molecular complexity index is 646. The normalized spacial score (nSPS) is 19.1. The van der Waals surface area contributed by atoms with E-state index in [0.29, 0.717) is 31.6 Å². The minimum absolute atomic E-state index is 0.311. The van der Waals surface area contributed by atoms with Gasteiger partial charge in [0.25, 0.3) is 0 Å². The number of aliphatic carboxylic acids is 1. The SMILES string of the molecule is CSCCC(NC(=O)C(N)CC(N)=O)C(=O)N1CCCC1C(=O)NC(C)C(=O)O. The molecule has 4 amide bonds. The fourth-order valence-corrected chi connectivity index (χ4v) is 3.43. The second-order valence-electron chi connectivity index (χ2n) is 6.88. The van der Waals surface area contributed by atoms with Crippen LogP contribution in [0.5, 0.6) is 0 Å². The third-order valence-electron chi connectivity index (χ3n) is 4.55. The lowest BCUT2D eigenvalue weighted by molar-refractivity contribution is -0.144. The molecule has 1 saturated heterocycles. The first-order chi connectivity index (χ1) is 13.6. The number of carboxylic acid groups (broad SMARTS) is 1. The van der Waals surface area contributed by atoms with Crippen molar-refractivity contribution in [3.05, 3.63) is 0 Å². The summed E-state index contributed by atoms with van der Waals surface area (Å²) < 4.78 is 0. The summed E-state index contributed by atoms with van der Waals surface area (Å²) in [4.78, 5) is 61.0. The molecule has 0 bridgehead atoms. The van der Waals surface area contributed by atoms with E-state index in [9.17, 15) is 24.0 Å². The van der Waals surface area contributed by atoms with Gasteiger partial charge in [0.05, 0.1) is 12.5 Å². The van der Waals surface area contributed by atoms with Gasteiger partial charge in [0.1, 0.15) is 18.1 Å². The summed E-state index contributed by atoms with van der Waals surface area (Å²) in [6.45, 7) is 1.65. The van der Waals surface area contributed by atoms with Gasteiger partial charge < -0.3 is 32.1 Å². The van der Waals surface area contributed by atoms with E-state index in [2.05, 4.69) is 10.6 Å². The molecule has 1 aliphatic heterocycles. The van der Waals surface area contributed by atoms with Crippen molar-refractivity contribution in [2.24, 2.45) is 11.5 Å². The van der Waals surface area contributed by atoms with Crippen molar-refractivity contribution < 1.29 is 29.1 Å². The van der Waals surface area contributed by atoms with E-state index in [0.717, 1.165) is 0 Å². The molecule has 1 heterocycles. The average Bonchev–Trinajstić information content (AvgIpc) is 3.13. The number of likely N-dealkylation sites (tertiary alicyclic amines) is 1. The lowest BCUT2D eigenvalue weighted by Gasteiger charge is -2.29. The lowest BCUT2D eigenvalue weighted by atomic mass is 10.1. The van der Waals surface area contributed by atoms with E-state index in [1.165, 1.54) is 23.6 Å². The molecule has 7 N–H and O–H groups in total. The Labute approximate surface area is 173 Å². The predicted molar refractivity (Wildman–Crippen MR) is 107 cm³/mol. The van der Waals surface area contributed by atoms with Crippen LogP contribution in [0.25, 0.3) is 0 Å². The van der Waals surface area contributed by atoms with Crippen LogP contribution >= 0.6 is 11.8 Å². The zero-order chi connectivity index (χ0) is 22.1. The van der Waals surface area contributed by atoms with Gasteiger partial charge in [-0.3, -0.25) is 24.0 Å². The topological polar surface area (TPSA) is 185 Å². The molecule has 11 nitrogen and oxygen atoms in total. The molecule has 29 heavy (non-hydrogen) atoms. The maximum atomic E-state index is 13.0. The zero-order valence-corrected chi connectivity index (χ0v) is 17.4. The molecule has 4 unspecified atom stereocenters. The van der Waals surface area contributed by atoms with Gasteiger partial charge in [0, 0.05) is 6.54 Å². The number of carboxylic acids is 1. The largest absolute Gasteiger partial charge is 0.480 e. The van der Waals surface area contributed by atoms with Gasteiger partial charge in [0.15, 0.2) is 0 Å². The minimum Gasteiger partial charge on any atom is -0.480 e. The molecular formula is C17H29N5O6S. The zero-order valence-electron chi connectivity index (χ0n) is 16.6. The highest BCUT2D eigenvalue weighted by Gasteiger charge is 2.38. The van der Waals surface area contributed by atoms with Crippen LogP contribution in [-0.2, 0) is 24.0 Å². The highest BCUT2D eigenvalue weighted by molar-refractivity contribution is 7.98. The molecule has 1 rings (SSSR count). The van der Waals surface area contributed by atoms with E-state index in [1.54, 1.807) is 0 Å². The number of carbonyl (C=O) groups excluding carboxylic acids is 4. The fourth-order valence-electron chi connectivity index (χ4n) is 2.96. The van der Waals surface area contributed by atoms with E-state index in [1.807, 2.05) is 6.26 Å². The Hall–Kier alpha value is -2.34. The maximum absolute atomic E-state index is 13.0. The van der Waals surface area contributed by atoms with Crippen molar-refractivity contribution >= 4 is 41.4 Å². The Morgan fingerprint density at radius 2 is 1.90 bits per heavy atom. The molecule has 0 saturated carbocycles. The van der Waals surface area contributed by atoms with Gasteiger partial charge in [-0.1, -0.05) is 0 Å². The minimum atomic E-state index is -1.18. The molecule has 4 atom stereocenters. The Balaban J connectivity index is 2.88. The van der Waals surface area contributed by atoms with Gasteiger partial charge in [-0.15, -0.1) is 0 Å². The first kappa shape index (κ1) is 24.7. The number of nitrogens with two attached hydrogens (primary N) is 2. The van der Waals surface area contributed by atoms with E-state index in [-0.39, 0.29) is 6.42 Å². The van der Waals surface area contributed by atoms with E-state index in [4.69, 9.17) is 16.6 Å². The molecule has 1 fully saturated rings. The summed E-state index contributed by atoms with van der Waals surface area (Å²) in [7, 11) is 0. The smallest absolute Gasteiger partial charge is 0.325 e. The second kappa shape index (κ2) is 11.6. The van der Waals surface area contributed by atoms with Crippen LogP contribution in [0.15, 0.2) is 0 Å². The van der Waals surface area contributed by atoms with Crippen LogP contribution in [0.4, 0.5) is 0 Å². The van der Waals surface area contributed by atoms with Crippen LogP contribution in [0.1, 0.15) is 32.6 Å². The molecule has 0 aliphatic carbocycles. The van der Waals surface area contributed by atoms with Crippen LogP contribution in [0.3, 0.4) is 0 Å². The molecule has 0 radical (unpaired) electrons. The Morgan fingerprint density at radius 3 is 2.45 bits per heavy atom. The summed E-state index contributed by atoms with van der Waals surface area (Å²) in [5.74, 6) is -3.01. The maximum Gasteiger partial charge on any atom is 0.325 e. The van der Waals surface area contributed by atoms with Crippen molar-refractivity contribution in [2.75, 3.05) is 18.6 Å². The third-order valence-corrected chi connectivity index (χ3v) is 5.19. The van der Waals surface area contributed by atoms with Gasteiger partial charge >= 0.3 is 5.97 Å². The van der Waals surface area contributed by atoms with Crippen LogP contribution in [-0.4, -0.2) is 82.3 Å². The number of carbonyl (C=O) groups is 5. The van der Waals surface area contributed by atoms with Gasteiger partial charge in [-0.25, -0.2) is 0 Å². The number of rotatable bonds is 11. The first-order valence-electron chi connectivity index (χ1n) is 9.25. The summed E-state index contributed by atoms with van der Waals surface area (Å²) in [5.41, 5.74) is 10.7. The highest BCUT2D eigenvalue weighted by Crippen LogP contribution is 2.20. The predicted octanol–water partition coefficient (Wildman–Crippen LogP) is -1.99. The molecule has 12 heteroatoms. The third kappa shape index (κ3) is 7.54. The van der Waals surface area contributed by atoms with Crippen LogP contribution in [0, 0.1) is 0 Å². The van der Waals surface area contributed by atoms with Crippen LogP contribution < -0.4 is 22.1 Å². The van der Waals surface area contributed by atoms with Gasteiger partial charge in [-0.2, -0.15) is 11.8 Å². The second-order valence-corrected chi connectivity index (χ2v) is 7.86. The molecule has 0 aromatic carbocycles. The lowest BCUT2D eigenvalue weighted by Crippen LogP contribution is -2.56. The first-order valence-corrected chi connectivity index (χ1v) is 10.6. The van der Waals surface area contributed by atoms with E-state index < -0.39 is 53.8 Å². The number of primary amides is 1. The van der Waals surface area contributed by atoms with Crippen molar-refractivity contribution in [1.82, 2.24) is 15.5 Å². The molecule has 0 aromatic heterocycles. The highest BCUT2D eigenvalue weighted by atomic mass is 32.2. The quantitative estimate of drug-likeness (QED) is 0.249. The van der Waals surface area contributed by atoms with Crippen molar-refractivity contribution in [3.8, 4) is 0 Å². The van der Waals surface area contributed by atoms with Gasteiger partial charge in [-0.05, 0) is 38.2 Å². The van der Waals surface area contributed by atoms with Crippen molar-refractivity contribution in [2.45, 2.75) is 56.8 Å². The van der Waals surface area contributed by atoms with Crippen LogP contribution in [0.2, 0.25) is 0 Å². The summed E-state index contributed by atoms with van der Waals surface area (Å²) in [6, 6.07) is -3.98. The van der Waals surface area contributed by atoms with E-state index >= 15 is 0 Å². The number of thioether (sulfide) groups is 1. The molecule has 0 aromatic rings. The molecule has 164 valence electrons. The number of hydrogen-bond donors (Lipinski definition) is 5. The summed E-state index contributed by atoms with van der Waals surface area (Å²) in [6.07, 6.45) is 2.79. The summed E-state index contributed by atoms with van der Waals surface area (Å²) >= 11 is 1.48. The van der Waals surface area contributed by atoms with Crippen molar-refractivity contribution in [1.29, 1.82) is 0 Å². The molecule has 0 spiro atoms.